The predicted octanol–water partition coefficient (Wildman–Crippen LogP) is 2.58. The Kier molecular flexibility index (Phi) is 4.10. The predicted molar refractivity (Wildman–Crippen MR) is 85.2 cm³/mol. The topological polar surface area (TPSA) is 66.6 Å². The van der Waals surface area contributed by atoms with Crippen LogP contribution in [0.4, 0.5) is 0 Å². The van der Waals surface area contributed by atoms with E-state index in [-0.39, 0.29) is 18.1 Å². The molecule has 1 aliphatic rings. The largest absolute Gasteiger partial charge is 0.393 e. The van der Waals surface area contributed by atoms with E-state index in [0.717, 1.165) is 19.3 Å². The molecule has 0 bridgehead atoms. The third kappa shape index (κ3) is 2.71. The van der Waals surface area contributed by atoms with E-state index < -0.39 is 0 Å². The number of aryl methyl sites for hydroxylation is 1. The molecule has 1 saturated carbocycles. The van der Waals surface area contributed by atoms with E-state index in [1.807, 2.05) is 13.8 Å². The van der Waals surface area contributed by atoms with E-state index in [4.69, 9.17) is 11.6 Å². The molecule has 3 rings (SSSR count). The monoisotopic (exact) mass is 321 g/mol. The van der Waals surface area contributed by atoms with E-state index in [2.05, 4.69) is 10.3 Å². The van der Waals surface area contributed by atoms with Gasteiger partial charge in [-0.3, -0.25) is 9.20 Å². The summed E-state index contributed by atoms with van der Waals surface area (Å²) in [5.74, 6) is 0.215. The maximum Gasteiger partial charge on any atom is 0.270 e. The van der Waals surface area contributed by atoms with Gasteiger partial charge in [0.1, 0.15) is 11.3 Å². The molecule has 1 fully saturated rings. The van der Waals surface area contributed by atoms with Gasteiger partial charge in [-0.05, 0) is 44.2 Å². The number of pyridine rings is 1. The summed E-state index contributed by atoms with van der Waals surface area (Å²) >= 11 is 6.03. The lowest BCUT2D eigenvalue weighted by molar-refractivity contribution is 0.0232. The molecule has 2 N–H and O–H groups in total. The van der Waals surface area contributed by atoms with Crippen LogP contribution in [0.3, 0.4) is 0 Å². The van der Waals surface area contributed by atoms with Gasteiger partial charge in [-0.2, -0.15) is 0 Å². The Morgan fingerprint density at radius 3 is 2.91 bits per heavy atom. The molecule has 2 aromatic heterocycles. The lowest BCUT2D eigenvalue weighted by atomic mass is 9.76. The number of carbonyl (C=O) groups is 1. The Bertz CT molecular complexity index is 707. The molecular weight excluding hydrogens is 302 g/mol. The molecule has 0 aliphatic heterocycles. The van der Waals surface area contributed by atoms with Crippen LogP contribution in [0.5, 0.6) is 0 Å². The van der Waals surface area contributed by atoms with Gasteiger partial charge in [-0.25, -0.2) is 4.98 Å². The molecule has 118 valence electrons. The van der Waals surface area contributed by atoms with Gasteiger partial charge in [0.05, 0.1) is 16.8 Å². The number of fused-ring (bicyclic) bond motifs is 1. The number of hydrogen-bond donors (Lipinski definition) is 2. The summed E-state index contributed by atoms with van der Waals surface area (Å²) in [4.78, 5) is 17.1. The van der Waals surface area contributed by atoms with Gasteiger partial charge in [-0.1, -0.05) is 18.5 Å². The zero-order chi connectivity index (χ0) is 15.9. The zero-order valence-corrected chi connectivity index (χ0v) is 13.5. The van der Waals surface area contributed by atoms with Crippen molar-refractivity contribution in [3.8, 4) is 0 Å². The summed E-state index contributed by atoms with van der Waals surface area (Å²) in [5.41, 5.74) is 1.92. The standard InChI is InChI=1S/C16H20ClN3O2/c1-3-13(10-6-12(21)7-10)19-16(22)15-9(2)18-14-5-4-11(17)8-20(14)15/h4-5,8,10,12-13,21H,3,6-7H2,1-2H3,(H,19,22)/t10?,12?,13-/m0/s1. The number of aliphatic hydroxyl groups excluding tert-OH is 1. The van der Waals surface area contributed by atoms with Crippen LogP contribution in [0.25, 0.3) is 5.65 Å². The number of halogens is 1. The first-order chi connectivity index (χ1) is 10.5. The third-order valence-electron chi connectivity index (χ3n) is 4.45. The molecule has 0 saturated heterocycles. The fraction of sp³-hybridized carbons (Fsp3) is 0.500. The molecule has 22 heavy (non-hydrogen) atoms. The maximum atomic E-state index is 12.7. The molecule has 1 aliphatic carbocycles. The van der Waals surface area contributed by atoms with Crippen molar-refractivity contribution in [2.75, 3.05) is 0 Å². The number of nitrogens with one attached hydrogen (secondary N) is 1. The normalized spacial score (nSPS) is 22.4. The lowest BCUT2D eigenvalue weighted by Gasteiger charge is -2.37. The zero-order valence-electron chi connectivity index (χ0n) is 12.7. The van der Waals surface area contributed by atoms with E-state index >= 15 is 0 Å². The summed E-state index contributed by atoms with van der Waals surface area (Å²) in [7, 11) is 0. The van der Waals surface area contributed by atoms with Crippen LogP contribution in [-0.4, -0.2) is 32.5 Å². The van der Waals surface area contributed by atoms with Crippen LogP contribution in [0.2, 0.25) is 5.02 Å². The van der Waals surface area contributed by atoms with Crippen LogP contribution in [0, 0.1) is 12.8 Å². The lowest BCUT2D eigenvalue weighted by Crippen LogP contribution is -2.47. The van der Waals surface area contributed by atoms with Crippen LogP contribution < -0.4 is 5.32 Å². The van der Waals surface area contributed by atoms with Crippen molar-refractivity contribution >= 4 is 23.2 Å². The average molecular weight is 322 g/mol. The maximum absolute atomic E-state index is 12.7. The Labute approximate surface area is 134 Å². The number of amides is 1. The minimum atomic E-state index is -0.215. The van der Waals surface area contributed by atoms with Crippen molar-refractivity contribution in [2.24, 2.45) is 5.92 Å². The minimum absolute atomic E-state index is 0.0834. The first kappa shape index (κ1) is 15.3. The van der Waals surface area contributed by atoms with Gasteiger partial charge < -0.3 is 10.4 Å². The SMILES string of the molecule is CC[C@H](NC(=O)c1c(C)nc2ccc(Cl)cn12)C1CC(O)C1. The fourth-order valence-electron chi connectivity index (χ4n) is 3.16. The molecule has 6 heteroatoms. The molecule has 2 heterocycles. The van der Waals surface area contributed by atoms with E-state index in [1.165, 1.54) is 0 Å². The molecular formula is C16H20ClN3O2. The van der Waals surface area contributed by atoms with Crippen molar-refractivity contribution in [2.45, 2.75) is 45.3 Å². The highest BCUT2D eigenvalue weighted by Crippen LogP contribution is 2.31. The van der Waals surface area contributed by atoms with Crippen LogP contribution >= 0.6 is 11.6 Å². The van der Waals surface area contributed by atoms with Gasteiger partial charge in [0, 0.05) is 12.2 Å². The highest BCUT2D eigenvalue weighted by molar-refractivity contribution is 6.30. The number of carbonyl (C=O) groups excluding carboxylic acids is 1. The number of nitrogens with zero attached hydrogens (tertiary/aromatic N) is 2. The average Bonchev–Trinajstić information content (AvgIpc) is 2.76. The molecule has 0 radical (unpaired) electrons. The van der Waals surface area contributed by atoms with Gasteiger partial charge >= 0.3 is 0 Å². The summed E-state index contributed by atoms with van der Waals surface area (Å²) < 4.78 is 1.73. The van der Waals surface area contributed by atoms with Crippen LogP contribution in [-0.2, 0) is 0 Å². The summed E-state index contributed by atoms with van der Waals surface area (Å²) in [6, 6.07) is 3.64. The summed E-state index contributed by atoms with van der Waals surface area (Å²) in [6.07, 6.45) is 3.86. The minimum Gasteiger partial charge on any atom is -0.393 e. The summed E-state index contributed by atoms with van der Waals surface area (Å²) in [5, 5.41) is 13.1. The second-order valence-electron chi connectivity index (χ2n) is 5.99. The second kappa shape index (κ2) is 5.89. The van der Waals surface area contributed by atoms with Gasteiger partial charge in [0.2, 0.25) is 0 Å². The third-order valence-corrected chi connectivity index (χ3v) is 4.67. The smallest absolute Gasteiger partial charge is 0.270 e. The van der Waals surface area contributed by atoms with Crippen molar-refractivity contribution in [3.63, 3.8) is 0 Å². The quantitative estimate of drug-likeness (QED) is 0.909. The van der Waals surface area contributed by atoms with E-state index in [0.29, 0.717) is 28.0 Å². The highest BCUT2D eigenvalue weighted by Gasteiger charge is 2.34. The Morgan fingerprint density at radius 2 is 2.27 bits per heavy atom. The molecule has 0 spiro atoms. The van der Waals surface area contributed by atoms with Crippen LogP contribution in [0.15, 0.2) is 18.3 Å². The molecule has 1 amide bonds. The van der Waals surface area contributed by atoms with Crippen LogP contribution in [0.1, 0.15) is 42.4 Å². The number of aromatic nitrogens is 2. The molecule has 5 nitrogen and oxygen atoms in total. The van der Waals surface area contributed by atoms with Crippen molar-refractivity contribution in [1.29, 1.82) is 0 Å². The number of imidazole rings is 1. The second-order valence-corrected chi connectivity index (χ2v) is 6.43. The Balaban J connectivity index is 1.85. The molecule has 2 aromatic rings. The number of rotatable bonds is 4. The molecule has 0 aromatic carbocycles. The number of aliphatic hydroxyl groups is 1. The van der Waals surface area contributed by atoms with Crippen molar-refractivity contribution in [3.05, 3.63) is 34.7 Å². The molecule has 1 atom stereocenters. The first-order valence-electron chi connectivity index (χ1n) is 7.62. The fourth-order valence-corrected chi connectivity index (χ4v) is 3.32. The summed E-state index contributed by atoms with van der Waals surface area (Å²) in [6.45, 7) is 3.87. The van der Waals surface area contributed by atoms with Crippen molar-refractivity contribution in [1.82, 2.24) is 14.7 Å². The van der Waals surface area contributed by atoms with Gasteiger partial charge in [0.15, 0.2) is 0 Å². The first-order valence-corrected chi connectivity index (χ1v) is 8.00. The molecule has 0 unspecified atom stereocenters. The Morgan fingerprint density at radius 1 is 1.55 bits per heavy atom. The number of hydrogen-bond acceptors (Lipinski definition) is 3. The Hall–Kier alpha value is -1.59. The highest BCUT2D eigenvalue weighted by atomic mass is 35.5. The van der Waals surface area contributed by atoms with E-state index in [9.17, 15) is 9.90 Å². The van der Waals surface area contributed by atoms with Gasteiger partial charge in [0.25, 0.3) is 5.91 Å². The van der Waals surface area contributed by atoms with E-state index in [1.54, 1.807) is 22.7 Å². The van der Waals surface area contributed by atoms with Crippen molar-refractivity contribution < 1.29 is 9.90 Å². The van der Waals surface area contributed by atoms with Gasteiger partial charge in [-0.15, -0.1) is 0 Å².